The molecule has 2 rings (SSSR count). The summed E-state index contributed by atoms with van der Waals surface area (Å²) >= 11 is 0. The molecular formula is C22H31NO3. The molecular weight excluding hydrogens is 326 g/mol. The van der Waals surface area contributed by atoms with E-state index >= 15 is 0 Å². The number of ether oxygens (including phenoxy) is 2. The van der Waals surface area contributed by atoms with Gasteiger partial charge in [-0.3, -0.25) is 0 Å². The van der Waals surface area contributed by atoms with Gasteiger partial charge in [-0.15, -0.1) is 0 Å². The summed E-state index contributed by atoms with van der Waals surface area (Å²) in [6.07, 6.45) is 4.68. The van der Waals surface area contributed by atoms with Gasteiger partial charge in [0.2, 0.25) is 0 Å². The van der Waals surface area contributed by atoms with Crippen LogP contribution in [0.3, 0.4) is 0 Å². The Labute approximate surface area is 156 Å². The summed E-state index contributed by atoms with van der Waals surface area (Å²) in [5.74, 6) is 1.52. The number of methoxy groups -OCH3 is 1. The number of unbranched alkanes of at least 4 members (excludes halogenated alkanes) is 1. The summed E-state index contributed by atoms with van der Waals surface area (Å²) in [6.45, 7) is 2.51. The molecule has 26 heavy (non-hydrogen) atoms. The van der Waals surface area contributed by atoms with Gasteiger partial charge in [0.05, 0.1) is 20.3 Å². The molecule has 0 bridgehead atoms. The summed E-state index contributed by atoms with van der Waals surface area (Å²) in [6, 6.07) is 16.5. The highest BCUT2D eigenvalue weighted by Gasteiger charge is 2.17. The fraction of sp³-hybridized carbons (Fsp3) is 0.455. The molecule has 4 heteroatoms. The molecule has 0 spiro atoms. The van der Waals surface area contributed by atoms with E-state index in [2.05, 4.69) is 24.3 Å². The number of hydrogen-bond donors (Lipinski definition) is 2. The summed E-state index contributed by atoms with van der Waals surface area (Å²) in [7, 11) is 1.65. The zero-order valence-electron chi connectivity index (χ0n) is 15.9. The van der Waals surface area contributed by atoms with E-state index in [-0.39, 0.29) is 6.61 Å². The SMILES string of the molecule is COc1cc(CCC(C)(N)CO)ccc1OCCCCc1ccccc1. The summed E-state index contributed by atoms with van der Waals surface area (Å²) < 4.78 is 11.4. The van der Waals surface area contributed by atoms with E-state index in [1.54, 1.807) is 7.11 Å². The van der Waals surface area contributed by atoms with Crippen molar-refractivity contribution in [2.45, 2.75) is 44.6 Å². The van der Waals surface area contributed by atoms with E-state index in [9.17, 15) is 5.11 Å². The molecule has 0 saturated carbocycles. The first kappa shape index (κ1) is 20.3. The van der Waals surface area contributed by atoms with E-state index in [1.807, 2.05) is 31.2 Å². The summed E-state index contributed by atoms with van der Waals surface area (Å²) in [4.78, 5) is 0. The van der Waals surface area contributed by atoms with Crippen molar-refractivity contribution in [3.05, 3.63) is 59.7 Å². The minimum atomic E-state index is -0.554. The van der Waals surface area contributed by atoms with Gasteiger partial charge >= 0.3 is 0 Å². The predicted molar refractivity (Wildman–Crippen MR) is 106 cm³/mol. The average molecular weight is 357 g/mol. The quantitative estimate of drug-likeness (QED) is 0.601. The number of hydrogen-bond acceptors (Lipinski definition) is 4. The van der Waals surface area contributed by atoms with Crippen molar-refractivity contribution in [3.8, 4) is 11.5 Å². The van der Waals surface area contributed by atoms with Gasteiger partial charge in [-0.05, 0) is 62.3 Å². The van der Waals surface area contributed by atoms with Crippen LogP contribution in [-0.2, 0) is 12.8 Å². The van der Waals surface area contributed by atoms with E-state index in [4.69, 9.17) is 15.2 Å². The second kappa shape index (κ2) is 10.2. The second-order valence-electron chi connectivity index (χ2n) is 7.09. The third kappa shape index (κ3) is 6.70. The number of aliphatic hydroxyl groups is 1. The molecule has 0 aromatic heterocycles. The Morgan fingerprint density at radius 2 is 1.73 bits per heavy atom. The van der Waals surface area contributed by atoms with Gasteiger partial charge in [-0.25, -0.2) is 0 Å². The molecule has 4 nitrogen and oxygen atoms in total. The minimum Gasteiger partial charge on any atom is -0.493 e. The van der Waals surface area contributed by atoms with Crippen molar-refractivity contribution in [2.24, 2.45) is 5.73 Å². The van der Waals surface area contributed by atoms with Crippen LogP contribution in [0.15, 0.2) is 48.5 Å². The molecule has 0 aliphatic rings. The van der Waals surface area contributed by atoms with Crippen LogP contribution in [0, 0.1) is 0 Å². The Morgan fingerprint density at radius 1 is 0.962 bits per heavy atom. The smallest absolute Gasteiger partial charge is 0.161 e. The van der Waals surface area contributed by atoms with Crippen molar-refractivity contribution in [3.63, 3.8) is 0 Å². The van der Waals surface area contributed by atoms with E-state index in [0.717, 1.165) is 42.7 Å². The lowest BCUT2D eigenvalue weighted by Gasteiger charge is -2.21. The molecule has 3 N–H and O–H groups in total. The lowest BCUT2D eigenvalue weighted by Crippen LogP contribution is -2.40. The first-order valence-electron chi connectivity index (χ1n) is 9.27. The third-order valence-electron chi connectivity index (χ3n) is 4.53. The fourth-order valence-electron chi connectivity index (χ4n) is 2.75. The van der Waals surface area contributed by atoms with Crippen LogP contribution in [0.5, 0.6) is 11.5 Å². The zero-order chi connectivity index (χ0) is 18.8. The van der Waals surface area contributed by atoms with Crippen molar-refractivity contribution in [2.75, 3.05) is 20.3 Å². The largest absolute Gasteiger partial charge is 0.493 e. The Kier molecular flexibility index (Phi) is 7.95. The van der Waals surface area contributed by atoms with Crippen molar-refractivity contribution >= 4 is 0 Å². The zero-order valence-corrected chi connectivity index (χ0v) is 15.9. The Bertz CT molecular complexity index is 656. The van der Waals surface area contributed by atoms with Crippen LogP contribution in [0.2, 0.25) is 0 Å². The van der Waals surface area contributed by atoms with Gasteiger partial charge in [-0.2, -0.15) is 0 Å². The fourth-order valence-corrected chi connectivity index (χ4v) is 2.75. The van der Waals surface area contributed by atoms with Crippen LogP contribution < -0.4 is 15.2 Å². The molecule has 0 amide bonds. The monoisotopic (exact) mass is 357 g/mol. The van der Waals surface area contributed by atoms with Crippen LogP contribution in [0.4, 0.5) is 0 Å². The lowest BCUT2D eigenvalue weighted by molar-refractivity contribution is 0.200. The first-order valence-corrected chi connectivity index (χ1v) is 9.27. The van der Waals surface area contributed by atoms with Gasteiger partial charge in [0.1, 0.15) is 0 Å². The maximum atomic E-state index is 9.26. The highest BCUT2D eigenvalue weighted by molar-refractivity contribution is 5.43. The number of aryl methyl sites for hydroxylation is 2. The summed E-state index contributed by atoms with van der Waals surface area (Å²) in [5.41, 5.74) is 7.93. The number of benzene rings is 2. The molecule has 0 aliphatic carbocycles. The topological polar surface area (TPSA) is 64.7 Å². The molecule has 0 fully saturated rings. The number of aliphatic hydroxyl groups excluding tert-OH is 1. The van der Waals surface area contributed by atoms with E-state index in [0.29, 0.717) is 13.0 Å². The van der Waals surface area contributed by atoms with E-state index in [1.165, 1.54) is 5.56 Å². The summed E-state index contributed by atoms with van der Waals surface area (Å²) in [5, 5.41) is 9.26. The second-order valence-corrected chi connectivity index (χ2v) is 7.09. The van der Waals surface area contributed by atoms with Gasteiger partial charge in [-0.1, -0.05) is 36.4 Å². The Balaban J connectivity index is 1.79. The molecule has 2 aromatic rings. The van der Waals surface area contributed by atoms with Crippen molar-refractivity contribution in [1.29, 1.82) is 0 Å². The first-order chi connectivity index (χ1) is 12.5. The van der Waals surface area contributed by atoms with Crippen molar-refractivity contribution < 1.29 is 14.6 Å². The van der Waals surface area contributed by atoms with Crippen LogP contribution in [0.1, 0.15) is 37.3 Å². The molecule has 0 heterocycles. The number of rotatable bonds is 11. The van der Waals surface area contributed by atoms with Gasteiger partial charge in [0, 0.05) is 5.54 Å². The van der Waals surface area contributed by atoms with Crippen LogP contribution >= 0.6 is 0 Å². The molecule has 1 atom stereocenters. The Morgan fingerprint density at radius 3 is 2.42 bits per heavy atom. The lowest BCUT2D eigenvalue weighted by atomic mass is 9.95. The van der Waals surface area contributed by atoms with Gasteiger partial charge < -0.3 is 20.3 Å². The highest BCUT2D eigenvalue weighted by Crippen LogP contribution is 2.29. The maximum Gasteiger partial charge on any atom is 0.161 e. The minimum absolute atomic E-state index is 0.0195. The van der Waals surface area contributed by atoms with Crippen LogP contribution in [0.25, 0.3) is 0 Å². The van der Waals surface area contributed by atoms with Gasteiger partial charge in [0.15, 0.2) is 11.5 Å². The normalized spacial score (nSPS) is 13.2. The Hall–Kier alpha value is -2.04. The molecule has 2 aromatic carbocycles. The van der Waals surface area contributed by atoms with Crippen LogP contribution in [-0.4, -0.2) is 31.0 Å². The maximum absolute atomic E-state index is 9.26. The third-order valence-corrected chi connectivity index (χ3v) is 4.53. The predicted octanol–water partition coefficient (Wildman–Crippen LogP) is 3.74. The van der Waals surface area contributed by atoms with Gasteiger partial charge in [0.25, 0.3) is 0 Å². The molecule has 0 aliphatic heterocycles. The molecule has 0 saturated heterocycles. The standard InChI is InChI=1S/C22H31NO3/c1-22(23,17-24)14-13-19-11-12-20(21(16-19)25-2)26-15-7-6-10-18-8-4-3-5-9-18/h3-5,8-9,11-12,16,24H,6-7,10,13-15,17,23H2,1-2H3. The van der Waals surface area contributed by atoms with Crippen molar-refractivity contribution in [1.82, 2.24) is 0 Å². The highest BCUT2D eigenvalue weighted by atomic mass is 16.5. The average Bonchev–Trinajstić information content (AvgIpc) is 2.67. The number of nitrogens with two attached hydrogens (primary N) is 1. The molecule has 1 unspecified atom stereocenters. The molecule has 0 radical (unpaired) electrons. The van der Waals surface area contributed by atoms with E-state index < -0.39 is 5.54 Å². The molecule has 142 valence electrons.